The first kappa shape index (κ1) is 44.7. The third kappa shape index (κ3) is 15.7. The highest BCUT2D eigenvalue weighted by Crippen LogP contribution is 2.33. The fourth-order valence-corrected chi connectivity index (χ4v) is 4.32. The Morgan fingerprint density at radius 2 is 1.27 bits per heavy atom. The number of hydrogen-bond acceptors (Lipinski definition) is 16. The predicted molar refractivity (Wildman–Crippen MR) is 186 cm³/mol. The number of Topliss-reactive ketones (excluding diaryl/α,β-unsaturated/α-hetero) is 1. The maximum atomic E-state index is 12.2. The lowest BCUT2D eigenvalue weighted by molar-refractivity contribution is -0.157. The predicted octanol–water partition coefficient (Wildman–Crippen LogP) is 3.77. The van der Waals surface area contributed by atoms with Gasteiger partial charge >= 0.3 is 23.5 Å². The number of ether oxygens (including phenoxy) is 7. The highest BCUT2D eigenvalue weighted by Gasteiger charge is 2.28. The molecule has 52 heavy (non-hydrogen) atoms. The number of fused-ring (bicyclic) bond motifs is 1. The van der Waals surface area contributed by atoms with Crippen molar-refractivity contribution < 1.29 is 72.1 Å². The Morgan fingerprint density at radius 1 is 0.731 bits per heavy atom. The number of aromatic hydroxyl groups is 3. The SMILES string of the molecule is CCOC(=O)CC(C(C)=O)C(=O)OCC.CCOC(=O)Cc1c(C)c2c(OCCOC)cc(O)cc2oc1=O.COCCOc1cc(O)cc(O)c1. The zero-order valence-electron chi connectivity index (χ0n) is 30.5. The molecule has 1 atom stereocenters. The number of methoxy groups -OCH3 is 2. The molecule has 0 aliphatic carbocycles. The second kappa shape index (κ2) is 23.9. The van der Waals surface area contributed by atoms with Crippen molar-refractivity contribution in [3.8, 4) is 28.7 Å². The normalized spacial score (nSPS) is 10.8. The largest absolute Gasteiger partial charge is 0.508 e. The molecule has 0 aliphatic heterocycles. The van der Waals surface area contributed by atoms with E-state index in [2.05, 4.69) is 9.47 Å². The topological polar surface area (TPSA) is 224 Å². The van der Waals surface area contributed by atoms with Crippen LogP contribution in [0.3, 0.4) is 0 Å². The minimum absolute atomic E-state index is 0.0209. The number of rotatable bonds is 17. The first-order chi connectivity index (χ1) is 24.7. The number of benzene rings is 2. The maximum Gasteiger partial charge on any atom is 0.340 e. The van der Waals surface area contributed by atoms with Gasteiger partial charge in [-0.05, 0) is 40.2 Å². The zero-order chi connectivity index (χ0) is 39.2. The van der Waals surface area contributed by atoms with E-state index in [1.54, 1.807) is 41.9 Å². The van der Waals surface area contributed by atoms with Crippen molar-refractivity contribution in [2.24, 2.45) is 5.92 Å². The minimum Gasteiger partial charge on any atom is -0.508 e. The van der Waals surface area contributed by atoms with Crippen molar-refractivity contribution in [1.29, 1.82) is 0 Å². The summed E-state index contributed by atoms with van der Waals surface area (Å²) in [5.41, 5.74) is 0.323. The molecule has 3 rings (SSSR count). The number of carbonyl (C=O) groups excluding carboxylic acids is 4. The van der Waals surface area contributed by atoms with Gasteiger partial charge in [-0.2, -0.15) is 0 Å². The Morgan fingerprint density at radius 3 is 1.81 bits per heavy atom. The number of ketones is 1. The monoisotopic (exact) mass is 736 g/mol. The van der Waals surface area contributed by atoms with Crippen molar-refractivity contribution >= 4 is 34.7 Å². The van der Waals surface area contributed by atoms with Crippen LogP contribution in [-0.2, 0) is 49.3 Å². The maximum absolute atomic E-state index is 12.2. The van der Waals surface area contributed by atoms with Crippen LogP contribution in [-0.4, -0.2) is 99.5 Å². The fourth-order valence-electron chi connectivity index (χ4n) is 4.32. The van der Waals surface area contributed by atoms with Crippen molar-refractivity contribution in [1.82, 2.24) is 0 Å². The molecule has 0 spiro atoms. The first-order valence-electron chi connectivity index (χ1n) is 16.3. The van der Waals surface area contributed by atoms with Crippen molar-refractivity contribution in [3.05, 3.63) is 51.9 Å². The summed E-state index contributed by atoms with van der Waals surface area (Å²) in [6.07, 6.45) is -0.432. The van der Waals surface area contributed by atoms with Gasteiger partial charge in [0.15, 0.2) is 0 Å². The summed E-state index contributed by atoms with van der Waals surface area (Å²) in [6, 6.07) is 6.86. The molecule has 0 bridgehead atoms. The van der Waals surface area contributed by atoms with E-state index < -0.39 is 29.5 Å². The van der Waals surface area contributed by atoms with Crippen molar-refractivity contribution in [2.45, 2.75) is 47.5 Å². The summed E-state index contributed by atoms with van der Waals surface area (Å²) in [4.78, 5) is 57.3. The Kier molecular flexibility index (Phi) is 20.6. The van der Waals surface area contributed by atoms with Gasteiger partial charge in [-0.1, -0.05) is 0 Å². The summed E-state index contributed by atoms with van der Waals surface area (Å²) in [6.45, 7) is 10.1. The summed E-state index contributed by atoms with van der Waals surface area (Å²) >= 11 is 0. The lowest BCUT2D eigenvalue weighted by atomic mass is 10.0. The Hall–Kier alpha value is -5.35. The van der Waals surface area contributed by atoms with E-state index in [-0.39, 0.29) is 73.4 Å². The molecule has 0 amide bonds. The summed E-state index contributed by atoms with van der Waals surface area (Å²) in [5, 5.41) is 28.5. The third-order valence-electron chi connectivity index (χ3n) is 6.67. The van der Waals surface area contributed by atoms with Gasteiger partial charge in [0.05, 0.1) is 56.8 Å². The number of phenols is 3. The molecular weight excluding hydrogens is 688 g/mol. The second-order valence-corrected chi connectivity index (χ2v) is 10.6. The number of phenolic OH excluding ortho intramolecular Hbond substituents is 3. The molecule has 2 aromatic carbocycles. The quantitative estimate of drug-likeness (QED) is 0.0590. The number of carbonyl (C=O) groups is 4. The molecule has 0 radical (unpaired) electrons. The Labute approximate surface area is 301 Å². The van der Waals surface area contributed by atoms with E-state index in [4.69, 9.17) is 38.3 Å². The molecule has 288 valence electrons. The second-order valence-electron chi connectivity index (χ2n) is 10.6. The lowest BCUT2D eigenvalue weighted by Gasteiger charge is -2.13. The summed E-state index contributed by atoms with van der Waals surface area (Å²) in [5.74, 6) is -2.51. The molecule has 1 aromatic heterocycles. The van der Waals surface area contributed by atoms with Crippen LogP contribution in [0.5, 0.6) is 28.7 Å². The first-order valence-corrected chi connectivity index (χ1v) is 16.3. The molecule has 0 saturated heterocycles. The Balaban J connectivity index is 0.000000417. The molecular formula is C36H48O16. The van der Waals surface area contributed by atoms with Gasteiger partial charge in [0.2, 0.25) is 0 Å². The van der Waals surface area contributed by atoms with Gasteiger partial charge < -0.3 is 52.9 Å². The summed E-state index contributed by atoms with van der Waals surface area (Å²) < 4.78 is 39.9. The van der Waals surface area contributed by atoms with Gasteiger partial charge in [0, 0.05) is 44.6 Å². The molecule has 1 heterocycles. The van der Waals surface area contributed by atoms with Gasteiger partial charge in [0.1, 0.15) is 59.2 Å². The molecule has 1 unspecified atom stereocenters. The molecule has 0 fully saturated rings. The van der Waals surface area contributed by atoms with Crippen LogP contribution in [0.2, 0.25) is 0 Å². The van der Waals surface area contributed by atoms with E-state index in [0.29, 0.717) is 42.3 Å². The van der Waals surface area contributed by atoms with Crippen LogP contribution in [0, 0.1) is 12.8 Å². The van der Waals surface area contributed by atoms with Gasteiger partial charge in [-0.15, -0.1) is 0 Å². The molecule has 16 nitrogen and oxygen atoms in total. The van der Waals surface area contributed by atoms with Crippen LogP contribution in [0.4, 0.5) is 0 Å². The molecule has 3 aromatic rings. The fraction of sp³-hybridized carbons (Fsp3) is 0.472. The molecule has 3 N–H and O–H groups in total. The molecule has 16 heteroatoms. The molecule has 0 aliphatic rings. The number of hydrogen-bond donors (Lipinski definition) is 3. The average molecular weight is 737 g/mol. The van der Waals surface area contributed by atoms with E-state index in [1.807, 2.05) is 0 Å². The van der Waals surface area contributed by atoms with Crippen molar-refractivity contribution in [3.63, 3.8) is 0 Å². The third-order valence-corrected chi connectivity index (χ3v) is 6.67. The van der Waals surface area contributed by atoms with Crippen molar-refractivity contribution in [2.75, 3.05) is 60.5 Å². The van der Waals surface area contributed by atoms with Gasteiger partial charge in [0.25, 0.3) is 0 Å². The van der Waals surface area contributed by atoms with Crippen LogP contribution in [0.15, 0.2) is 39.5 Å². The lowest BCUT2D eigenvalue weighted by Crippen LogP contribution is -2.27. The van der Waals surface area contributed by atoms with E-state index in [0.717, 1.165) is 0 Å². The highest BCUT2D eigenvalue weighted by atomic mass is 16.5. The van der Waals surface area contributed by atoms with Crippen LogP contribution in [0.25, 0.3) is 11.0 Å². The minimum atomic E-state index is -1.04. The van der Waals surface area contributed by atoms with Crippen LogP contribution >= 0.6 is 0 Å². The number of esters is 3. The van der Waals surface area contributed by atoms with E-state index >= 15 is 0 Å². The van der Waals surface area contributed by atoms with E-state index in [9.17, 15) is 29.1 Å². The smallest absolute Gasteiger partial charge is 0.340 e. The zero-order valence-corrected chi connectivity index (χ0v) is 30.5. The van der Waals surface area contributed by atoms with Crippen LogP contribution in [0.1, 0.15) is 45.2 Å². The summed E-state index contributed by atoms with van der Waals surface area (Å²) in [7, 11) is 3.12. The van der Waals surface area contributed by atoms with Crippen LogP contribution < -0.4 is 15.1 Å². The average Bonchev–Trinajstić information content (AvgIpc) is 3.06. The Bertz CT molecular complexity index is 1640. The van der Waals surface area contributed by atoms with Gasteiger partial charge in [-0.25, -0.2) is 4.79 Å². The molecule has 0 saturated carbocycles. The van der Waals surface area contributed by atoms with E-state index in [1.165, 1.54) is 37.3 Å². The highest BCUT2D eigenvalue weighted by molar-refractivity contribution is 6.00. The number of aryl methyl sites for hydroxylation is 1. The standard InChI is InChI=1S/C17H20O7.C10H16O5.C9H12O4/c1-4-22-15(19)9-12-10(2)16-13(23-6-5-21-3)7-11(18)8-14(16)24-17(12)20;1-4-14-9(12)6-8(7(3)11)10(13)15-5-2;1-12-2-3-13-9-5-7(10)4-8(11)6-9/h7-8,18H,4-6,9H2,1-3H3;8H,4-6H2,1-3H3;4-6,10-11H,2-3H2,1H3. The van der Waals surface area contributed by atoms with Gasteiger partial charge in [-0.3, -0.25) is 19.2 Å².